The van der Waals surface area contributed by atoms with E-state index in [-0.39, 0.29) is 18.3 Å². The van der Waals surface area contributed by atoms with Gasteiger partial charge >= 0.3 is 0 Å². The molecule has 0 fully saturated rings. The van der Waals surface area contributed by atoms with Gasteiger partial charge in [-0.3, -0.25) is 4.79 Å². The van der Waals surface area contributed by atoms with Crippen molar-refractivity contribution in [2.45, 2.75) is 0 Å². The number of rotatable bonds is 5. The van der Waals surface area contributed by atoms with Crippen LogP contribution in [-0.2, 0) is 4.79 Å². The zero-order chi connectivity index (χ0) is 14.4. The Hall–Kier alpha value is -2.56. The molecule has 0 unspecified atom stereocenters. The monoisotopic (exact) mass is 274 g/mol. The first-order valence-corrected chi connectivity index (χ1v) is 6.11. The van der Waals surface area contributed by atoms with Crippen LogP contribution in [-0.4, -0.2) is 19.6 Å². The predicted octanol–water partition coefficient (Wildman–Crippen LogP) is 2.88. The Balaban J connectivity index is 1.85. The minimum atomic E-state index is -0.342. The van der Waals surface area contributed by atoms with Crippen LogP contribution in [0, 0.1) is 5.82 Å². The number of carbonyl (C=O) groups is 1. The first kappa shape index (κ1) is 13.9. The summed E-state index contributed by atoms with van der Waals surface area (Å²) in [5, 5.41) is 5.58. The molecule has 2 rings (SSSR count). The zero-order valence-corrected chi connectivity index (χ0v) is 11.0. The third kappa shape index (κ3) is 3.98. The molecule has 0 aliphatic heterocycles. The largest absolute Gasteiger partial charge is 0.497 e. The molecule has 0 radical (unpaired) electrons. The van der Waals surface area contributed by atoms with Gasteiger partial charge in [0.25, 0.3) is 0 Å². The minimum absolute atomic E-state index is 0.0650. The fraction of sp³-hybridized carbons (Fsp3) is 0.133. The van der Waals surface area contributed by atoms with Crippen molar-refractivity contribution in [2.24, 2.45) is 0 Å². The van der Waals surface area contributed by atoms with Gasteiger partial charge in [-0.1, -0.05) is 6.07 Å². The van der Waals surface area contributed by atoms with E-state index < -0.39 is 0 Å². The first-order valence-electron chi connectivity index (χ1n) is 6.11. The van der Waals surface area contributed by atoms with Crippen LogP contribution >= 0.6 is 0 Å². The van der Waals surface area contributed by atoms with Crippen molar-refractivity contribution in [1.29, 1.82) is 0 Å². The lowest BCUT2D eigenvalue weighted by molar-refractivity contribution is -0.114. The van der Waals surface area contributed by atoms with Crippen molar-refractivity contribution < 1.29 is 13.9 Å². The van der Waals surface area contributed by atoms with Crippen LogP contribution in [0.5, 0.6) is 5.75 Å². The summed E-state index contributed by atoms with van der Waals surface area (Å²) >= 11 is 0. The van der Waals surface area contributed by atoms with Crippen LogP contribution in [0.25, 0.3) is 0 Å². The number of hydrogen-bond acceptors (Lipinski definition) is 3. The van der Waals surface area contributed by atoms with Gasteiger partial charge in [0, 0.05) is 11.4 Å². The van der Waals surface area contributed by atoms with Gasteiger partial charge in [-0.2, -0.15) is 0 Å². The van der Waals surface area contributed by atoms with Gasteiger partial charge < -0.3 is 15.4 Å². The highest BCUT2D eigenvalue weighted by molar-refractivity contribution is 5.93. The van der Waals surface area contributed by atoms with E-state index in [9.17, 15) is 9.18 Å². The van der Waals surface area contributed by atoms with Crippen molar-refractivity contribution in [3.8, 4) is 5.75 Å². The molecule has 0 saturated carbocycles. The quantitative estimate of drug-likeness (QED) is 0.881. The fourth-order valence-corrected chi connectivity index (χ4v) is 1.66. The smallest absolute Gasteiger partial charge is 0.243 e. The molecule has 1 amide bonds. The summed E-state index contributed by atoms with van der Waals surface area (Å²) in [5.41, 5.74) is 1.24. The highest BCUT2D eigenvalue weighted by atomic mass is 19.1. The highest BCUT2D eigenvalue weighted by Crippen LogP contribution is 2.15. The lowest BCUT2D eigenvalue weighted by Gasteiger charge is -2.08. The lowest BCUT2D eigenvalue weighted by atomic mass is 10.3. The van der Waals surface area contributed by atoms with Gasteiger partial charge in [-0.05, 0) is 42.5 Å². The van der Waals surface area contributed by atoms with Crippen LogP contribution in [0.2, 0.25) is 0 Å². The van der Waals surface area contributed by atoms with E-state index >= 15 is 0 Å². The maximum Gasteiger partial charge on any atom is 0.243 e. The number of benzene rings is 2. The lowest BCUT2D eigenvalue weighted by Crippen LogP contribution is -2.21. The van der Waals surface area contributed by atoms with Gasteiger partial charge in [0.1, 0.15) is 11.6 Å². The predicted molar refractivity (Wildman–Crippen MR) is 76.5 cm³/mol. The van der Waals surface area contributed by atoms with E-state index in [2.05, 4.69) is 10.6 Å². The molecule has 0 aliphatic rings. The molecule has 104 valence electrons. The molecular formula is C15H15FN2O2. The average Bonchev–Trinajstić information content (AvgIpc) is 2.46. The van der Waals surface area contributed by atoms with Crippen molar-refractivity contribution in [1.82, 2.24) is 0 Å². The number of carbonyl (C=O) groups excluding carboxylic acids is 1. The second-order valence-corrected chi connectivity index (χ2v) is 4.14. The van der Waals surface area contributed by atoms with Crippen LogP contribution in [0.3, 0.4) is 0 Å². The maximum absolute atomic E-state index is 13.0. The van der Waals surface area contributed by atoms with Crippen LogP contribution < -0.4 is 15.4 Å². The number of nitrogens with one attached hydrogen (secondary N) is 2. The molecule has 0 atom stereocenters. The summed E-state index contributed by atoms with van der Waals surface area (Å²) in [7, 11) is 1.58. The van der Waals surface area contributed by atoms with Crippen LogP contribution in [0.15, 0.2) is 48.5 Å². The van der Waals surface area contributed by atoms with Crippen molar-refractivity contribution in [2.75, 3.05) is 24.3 Å². The summed E-state index contributed by atoms with van der Waals surface area (Å²) in [6.07, 6.45) is 0. The number of ether oxygens (including phenoxy) is 1. The fourth-order valence-electron chi connectivity index (χ4n) is 1.66. The summed E-state index contributed by atoms with van der Waals surface area (Å²) in [6.45, 7) is 0.0650. The molecule has 0 aromatic heterocycles. The summed E-state index contributed by atoms with van der Waals surface area (Å²) in [5.74, 6) is 0.172. The molecule has 0 saturated heterocycles. The van der Waals surface area contributed by atoms with Gasteiger partial charge in [-0.15, -0.1) is 0 Å². The minimum Gasteiger partial charge on any atom is -0.497 e. The van der Waals surface area contributed by atoms with Gasteiger partial charge in [-0.25, -0.2) is 4.39 Å². The Kier molecular flexibility index (Phi) is 4.55. The highest BCUT2D eigenvalue weighted by Gasteiger charge is 2.03. The number of methoxy groups -OCH3 is 1. The van der Waals surface area contributed by atoms with E-state index in [1.165, 1.54) is 12.1 Å². The van der Waals surface area contributed by atoms with E-state index in [1.54, 1.807) is 43.5 Å². The van der Waals surface area contributed by atoms with Crippen LogP contribution in [0.1, 0.15) is 0 Å². The van der Waals surface area contributed by atoms with Crippen molar-refractivity contribution >= 4 is 17.3 Å². The van der Waals surface area contributed by atoms with Crippen molar-refractivity contribution in [3.05, 3.63) is 54.3 Å². The SMILES string of the molecule is COc1ccc(NC(=O)CNc2cccc(F)c2)cc1. The Bertz CT molecular complexity index is 585. The topological polar surface area (TPSA) is 50.4 Å². The standard InChI is InChI=1S/C15H15FN2O2/c1-20-14-7-5-12(6-8-14)18-15(19)10-17-13-4-2-3-11(16)9-13/h2-9,17H,10H2,1H3,(H,18,19). The molecule has 0 spiro atoms. The Morgan fingerprint density at radius 2 is 1.90 bits per heavy atom. The molecule has 0 heterocycles. The molecule has 5 heteroatoms. The third-order valence-corrected chi connectivity index (χ3v) is 2.65. The average molecular weight is 274 g/mol. The second kappa shape index (κ2) is 6.56. The van der Waals surface area contributed by atoms with E-state index in [0.717, 1.165) is 5.75 Å². The molecule has 0 aliphatic carbocycles. The van der Waals surface area contributed by atoms with E-state index in [1.807, 2.05) is 0 Å². The molecule has 2 aromatic rings. The second-order valence-electron chi connectivity index (χ2n) is 4.14. The van der Waals surface area contributed by atoms with Crippen LogP contribution in [0.4, 0.5) is 15.8 Å². The number of anilines is 2. The molecule has 20 heavy (non-hydrogen) atoms. The summed E-state index contributed by atoms with van der Waals surface area (Å²) in [6, 6.07) is 13.0. The number of hydrogen-bond donors (Lipinski definition) is 2. The normalized spacial score (nSPS) is 9.90. The molecule has 2 N–H and O–H groups in total. The van der Waals surface area contributed by atoms with Crippen molar-refractivity contribution in [3.63, 3.8) is 0 Å². The third-order valence-electron chi connectivity index (χ3n) is 2.65. The van der Waals surface area contributed by atoms with Gasteiger partial charge in [0.15, 0.2) is 0 Å². The van der Waals surface area contributed by atoms with E-state index in [0.29, 0.717) is 11.4 Å². The maximum atomic E-state index is 13.0. The Morgan fingerprint density at radius 1 is 1.15 bits per heavy atom. The number of halogens is 1. The Labute approximate surface area is 116 Å². The summed E-state index contributed by atoms with van der Waals surface area (Å²) < 4.78 is 18.0. The zero-order valence-electron chi connectivity index (χ0n) is 11.0. The number of amides is 1. The van der Waals surface area contributed by atoms with Gasteiger partial charge in [0.05, 0.1) is 13.7 Å². The van der Waals surface area contributed by atoms with E-state index in [4.69, 9.17) is 4.74 Å². The molecule has 4 nitrogen and oxygen atoms in total. The van der Waals surface area contributed by atoms with Gasteiger partial charge in [0.2, 0.25) is 5.91 Å². The molecule has 0 bridgehead atoms. The molecule has 2 aromatic carbocycles. The molecular weight excluding hydrogens is 259 g/mol. The first-order chi connectivity index (χ1) is 9.67. The summed E-state index contributed by atoms with van der Waals surface area (Å²) in [4.78, 5) is 11.7. The Morgan fingerprint density at radius 3 is 2.55 bits per heavy atom.